The molecule has 0 N–H and O–H groups in total. The lowest BCUT2D eigenvalue weighted by molar-refractivity contribution is 1.06. The molecule has 0 aromatic carbocycles. The third-order valence-corrected chi connectivity index (χ3v) is 1.88. The van der Waals surface area contributed by atoms with Gasteiger partial charge in [0.1, 0.15) is 0 Å². The van der Waals surface area contributed by atoms with Crippen molar-refractivity contribution in [2.75, 3.05) is 0 Å². The normalized spacial score (nSPS) is 8.67. The Hall–Kier alpha value is -1.38. The summed E-state index contributed by atoms with van der Waals surface area (Å²) < 4.78 is 1.98. The van der Waals surface area contributed by atoms with Crippen LogP contribution in [0.15, 0.2) is 18.5 Å². The molecule has 2 aromatic rings. The summed E-state index contributed by atoms with van der Waals surface area (Å²) in [6.45, 7) is 12.0. The predicted molar refractivity (Wildman–Crippen MR) is 65.2 cm³/mol. The molecule has 0 amide bonds. The molecule has 0 radical (unpaired) electrons. The molecule has 84 valence electrons. The first-order valence-corrected chi connectivity index (χ1v) is 5.55. The van der Waals surface area contributed by atoms with Gasteiger partial charge in [-0.2, -0.15) is 0 Å². The molecule has 0 atom stereocenters. The number of hydrogen-bond acceptors (Lipinski definition) is 2. The van der Waals surface area contributed by atoms with Gasteiger partial charge < -0.3 is 0 Å². The first-order chi connectivity index (χ1) is 7.29. The van der Waals surface area contributed by atoms with Crippen LogP contribution in [0.3, 0.4) is 0 Å². The van der Waals surface area contributed by atoms with Crippen molar-refractivity contribution in [2.45, 2.75) is 41.5 Å². The second kappa shape index (κ2) is 6.98. The Bertz CT molecular complexity index is 391. The Labute approximate surface area is 92.2 Å². The van der Waals surface area contributed by atoms with E-state index in [1.807, 2.05) is 58.2 Å². The van der Waals surface area contributed by atoms with Crippen LogP contribution in [0.5, 0.6) is 0 Å². The minimum Gasteiger partial charge on any atom is -0.288 e. The lowest BCUT2D eigenvalue weighted by Crippen LogP contribution is -1.87. The molecular formula is C12H21N3. The maximum atomic E-state index is 4.26. The Morgan fingerprint density at radius 2 is 1.67 bits per heavy atom. The molecule has 0 bridgehead atoms. The van der Waals surface area contributed by atoms with Gasteiger partial charge in [-0.1, -0.05) is 27.7 Å². The smallest absolute Gasteiger partial charge is 0.234 e. The van der Waals surface area contributed by atoms with E-state index in [0.717, 1.165) is 17.2 Å². The van der Waals surface area contributed by atoms with Gasteiger partial charge in [0.15, 0.2) is 0 Å². The summed E-state index contributed by atoms with van der Waals surface area (Å²) in [4.78, 5) is 8.38. The molecule has 0 aliphatic carbocycles. The number of hydrogen-bond donors (Lipinski definition) is 0. The van der Waals surface area contributed by atoms with Crippen LogP contribution in [0.1, 0.15) is 39.1 Å². The molecule has 0 fully saturated rings. The molecule has 2 aromatic heterocycles. The van der Waals surface area contributed by atoms with Crippen molar-refractivity contribution >= 4 is 5.78 Å². The molecule has 0 aliphatic rings. The van der Waals surface area contributed by atoms with Crippen LogP contribution in [-0.4, -0.2) is 14.4 Å². The van der Waals surface area contributed by atoms with Crippen LogP contribution in [0, 0.1) is 13.8 Å². The quantitative estimate of drug-likeness (QED) is 0.662. The highest BCUT2D eigenvalue weighted by Gasteiger charge is 2.01. The van der Waals surface area contributed by atoms with E-state index in [1.54, 1.807) is 6.20 Å². The predicted octanol–water partition coefficient (Wildman–Crippen LogP) is 3.40. The van der Waals surface area contributed by atoms with Crippen molar-refractivity contribution in [1.29, 1.82) is 0 Å². The second-order valence-corrected chi connectivity index (χ2v) is 2.57. The van der Waals surface area contributed by atoms with Gasteiger partial charge in [-0.3, -0.25) is 4.40 Å². The van der Waals surface area contributed by atoms with Crippen LogP contribution < -0.4 is 0 Å². The van der Waals surface area contributed by atoms with E-state index in [2.05, 4.69) is 9.97 Å². The van der Waals surface area contributed by atoms with E-state index in [1.165, 1.54) is 0 Å². The number of aryl methyl sites for hydroxylation is 2. The third kappa shape index (κ3) is 3.05. The highest BCUT2D eigenvalue weighted by atomic mass is 15.1. The molecular weight excluding hydrogens is 186 g/mol. The topological polar surface area (TPSA) is 30.2 Å². The van der Waals surface area contributed by atoms with E-state index in [4.69, 9.17) is 0 Å². The van der Waals surface area contributed by atoms with Crippen molar-refractivity contribution in [3.05, 3.63) is 29.8 Å². The number of nitrogens with zero attached hydrogens (tertiary/aromatic N) is 3. The summed E-state index contributed by atoms with van der Waals surface area (Å²) >= 11 is 0. The molecule has 0 saturated carbocycles. The fourth-order valence-corrected chi connectivity index (χ4v) is 1.11. The molecule has 2 rings (SSSR count). The standard InChI is InChI=1S/C8H9N3.2C2H6/c1-6-7(2)11-5-3-4-9-8(11)10-6;2*1-2/h3-5H,1-2H3;2*1-2H3. The summed E-state index contributed by atoms with van der Waals surface area (Å²) in [6.07, 6.45) is 3.72. The molecule has 3 heteroatoms. The lowest BCUT2D eigenvalue weighted by atomic mass is 10.4. The fraction of sp³-hybridized carbons (Fsp3) is 0.500. The van der Waals surface area contributed by atoms with E-state index in [9.17, 15) is 0 Å². The average molecular weight is 207 g/mol. The summed E-state index contributed by atoms with van der Waals surface area (Å²) in [5, 5.41) is 0. The van der Waals surface area contributed by atoms with Crippen molar-refractivity contribution in [3.63, 3.8) is 0 Å². The SMILES string of the molecule is CC.CC.Cc1nc2ncccn2c1C. The molecule has 2 heterocycles. The highest BCUT2D eigenvalue weighted by Crippen LogP contribution is 2.06. The van der Waals surface area contributed by atoms with Crippen molar-refractivity contribution in [3.8, 4) is 0 Å². The van der Waals surface area contributed by atoms with Gasteiger partial charge in [0, 0.05) is 18.1 Å². The summed E-state index contributed by atoms with van der Waals surface area (Å²) in [6, 6.07) is 1.90. The zero-order valence-electron chi connectivity index (χ0n) is 10.6. The maximum Gasteiger partial charge on any atom is 0.234 e. The van der Waals surface area contributed by atoms with E-state index in [0.29, 0.717) is 0 Å². The zero-order valence-corrected chi connectivity index (χ0v) is 10.6. The summed E-state index contributed by atoms with van der Waals surface area (Å²) in [5.74, 6) is 0.780. The Balaban J connectivity index is 0.000000442. The molecule has 15 heavy (non-hydrogen) atoms. The van der Waals surface area contributed by atoms with Gasteiger partial charge >= 0.3 is 0 Å². The first kappa shape index (κ1) is 13.6. The van der Waals surface area contributed by atoms with Crippen LogP contribution >= 0.6 is 0 Å². The summed E-state index contributed by atoms with van der Waals surface area (Å²) in [7, 11) is 0. The van der Waals surface area contributed by atoms with Gasteiger partial charge in [0.2, 0.25) is 5.78 Å². The number of imidazole rings is 1. The molecule has 3 nitrogen and oxygen atoms in total. The average Bonchev–Trinajstić information content (AvgIpc) is 2.61. The lowest BCUT2D eigenvalue weighted by Gasteiger charge is -1.91. The zero-order chi connectivity index (χ0) is 11.8. The van der Waals surface area contributed by atoms with E-state index in [-0.39, 0.29) is 0 Å². The molecule has 0 aliphatic heterocycles. The fourth-order valence-electron chi connectivity index (χ4n) is 1.11. The number of fused-ring (bicyclic) bond motifs is 1. The maximum absolute atomic E-state index is 4.26. The van der Waals surface area contributed by atoms with Crippen molar-refractivity contribution in [1.82, 2.24) is 14.4 Å². The van der Waals surface area contributed by atoms with Gasteiger partial charge in [-0.15, -0.1) is 0 Å². The van der Waals surface area contributed by atoms with Crippen molar-refractivity contribution < 1.29 is 0 Å². The Kier molecular flexibility index (Phi) is 6.34. The van der Waals surface area contributed by atoms with Crippen LogP contribution in [0.25, 0.3) is 5.78 Å². The van der Waals surface area contributed by atoms with Crippen molar-refractivity contribution in [2.24, 2.45) is 0 Å². The van der Waals surface area contributed by atoms with Gasteiger partial charge in [0.05, 0.1) is 5.69 Å². The molecule has 0 unspecified atom stereocenters. The minimum atomic E-state index is 0.780. The number of rotatable bonds is 0. The first-order valence-electron chi connectivity index (χ1n) is 5.55. The van der Waals surface area contributed by atoms with E-state index < -0.39 is 0 Å². The Morgan fingerprint density at radius 3 is 2.20 bits per heavy atom. The highest BCUT2D eigenvalue weighted by molar-refractivity contribution is 5.33. The number of aromatic nitrogens is 3. The minimum absolute atomic E-state index is 0.780. The van der Waals surface area contributed by atoms with Crippen LogP contribution in [0.2, 0.25) is 0 Å². The van der Waals surface area contributed by atoms with Crippen LogP contribution in [-0.2, 0) is 0 Å². The molecule has 0 spiro atoms. The van der Waals surface area contributed by atoms with E-state index >= 15 is 0 Å². The van der Waals surface area contributed by atoms with Gasteiger partial charge in [-0.25, -0.2) is 9.97 Å². The largest absolute Gasteiger partial charge is 0.288 e. The Morgan fingerprint density at radius 1 is 1.07 bits per heavy atom. The van der Waals surface area contributed by atoms with Gasteiger partial charge in [-0.05, 0) is 19.9 Å². The second-order valence-electron chi connectivity index (χ2n) is 2.57. The van der Waals surface area contributed by atoms with Gasteiger partial charge in [0.25, 0.3) is 0 Å². The third-order valence-electron chi connectivity index (χ3n) is 1.88. The monoisotopic (exact) mass is 207 g/mol. The summed E-state index contributed by atoms with van der Waals surface area (Å²) in [5.41, 5.74) is 2.21. The van der Waals surface area contributed by atoms with Crippen LogP contribution in [0.4, 0.5) is 0 Å². The molecule has 0 saturated heterocycles.